The molecule has 0 atom stereocenters. The van der Waals surface area contributed by atoms with E-state index in [1.807, 2.05) is 83.0 Å². The zero-order valence-electron chi connectivity index (χ0n) is 24.1. The van der Waals surface area contributed by atoms with Crippen LogP contribution in [0.2, 0.25) is 0 Å². The van der Waals surface area contributed by atoms with Crippen LogP contribution in [0.5, 0.6) is 11.5 Å². The van der Waals surface area contributed by atoms with Crippen LogP contribution in [0, 0.1) is 29.8 Å². The number of imidazole rings is 1. The van der Waals surface area contributed by atoms with Crippen LogP contribution in [0.15, 0.2) is 91.1 Å². The first-order valence-corrected chi connectivity index (χ1v) is 13.8. The molecule has 6 nitrogen and oxygen atoms in total. The third-order valence-electron chi connectivity index (χ3n) is 7.57. The summed E-state index contributed by atoms with van der Waals surface area (Å²) in [4.78, 5) is 4.74. The molecular weight excluding hydrogens is 714 g/mol. The number of nitriles is 1. The van der Waals surface area contributed by atoms with Gasteiger partial charge in [0, 0.05) is 44.3 Å². The number of nitrogens with zero attached hydrogens (tertiary/aromatic N) is 5. The van der Waals surface area contributed by atoms with E-state index in [2.05, 4.69) is 68.1 Å². The Bertz CT molecular complexity index is 2200. The van der Waals surface area contributed by atoms with Gasteiger partial charge in [0.2, 0.25) is 6.33 Å². The molecule has 214 valence electrons. The van der Waals surface area contributed by atoms with Gasteiger partial charge in [0.05, 0.1) is 24.2 Å². The van der Waals surface area contributed by atoms with Gasteiger partial charge in [-0.05, 0) is 40.1 Å². The Labute approximate surface area is 264 Å². The molecular formula is C36H27N5OPt-2. The van der Waals surface area contributed by atoms with Gasteiger partial charge in [0.15, 0.2) is 0 Å². The Hall–Kier alpha value is -4.72. The summed E-state index contributed by atoms with van der Waals surface area (Å²) in [6, 6.07) is 37.1. The molecule has 0 saturated heterocycles. The maximum atomic E-state index is 10.3. The van der Waals surface area contributed by atoms with E-state index in [1.165, 1.54) is 5.56 Å². The number of ether oxygens (including phenoxy) is 1. The Balaban J connectivity index is 0.00000329. The number of aromatic nitrogens is 4. The molecule has 0 radical (unpaired) electrons. The summed E-state index contributed by atoms with van der Waals surface area (Å²) in [5.41, 5.74) is 6.18. The van der Waals surface area contributed by atoms with Crippen molar-refractivity contribution in [2.24, 2.45) is 7.05 Å². The van der Waals surface area contributed by atoms with Crippen molar-refractivity contribution in [2.75, 3.05) is 0 Å². The van der Waals surface area contributed by atoms with Crippen molar-refractivity contribution in [2.45, 2.75) is 26.2 Å². The fourth-order valence-electron chi connectivity index (χ4n) is 5.50. The minimum absolute atomic E-state index is 0. The molecule has 0 spiro atoms. The van der Waals surface area contributed by atoms with Crippen molar-refractivity contribution < 1.29 is 30.4 Å². The zero-order valence-corrected chi connectivity index (χ0v) is 26.4. The smallest absolute Gasteiger partial charge is 0.242 e. The summed E-state index contributed by atoms with van der Waals surface area (Å²) >= 11 is 0. The number of benzene rings is 4. The van der Waals surface area contributed by atoms with E-state index in [0.717, 1.165) is 44.3 Å². The number of hydrogen-bond acceptors (Lipinski definition) is 3. The second-order valence-corrected chi connectivity index (χ2v) is 11.4. The van der Waals surface area contributed by atoms with Gasteiger partial charge in [-0.3, -0.25) is 0 Å². The number of fused-ring (bicyclic) bond motifs is 4. The molecule has 7 rings (SSSR count). The predicted molar refractivity (Wildman–Crippen MR) is 163 cm³/mol. The molecule has 0 N–H and O–H groups in total. The number of hydrogen-bond donors (Lipinski definition) is 0. The van der Waals surface area contributed by atoms with Crippen molar-refractivity contribution in [3.05, 3.63) is 121 Å². The first-order chi connectivity index (χ1) is 20.3. The molecule has 3 aromatic heterocycles. The van der Waals surface area contributed by atoms with E-state index in [-0.39, 0.29) is 26.5 Å². The average Bonchev–Trinajstić information content (AvgIpc) is 3.51. The molecule has 0 aliphatic rings. The van der Waals surface area contributed by atoms with Crippen LogP contribution >= 0.6 is 0 Å². The van der Waals surface area contributed by atoms with Crippen LogP contribution in [-0.2, 0) is 33.5 Å². The van der Waals surface area contributed by atoms with Crippen molar-refractivity contribution in [1.82, 2.24) is 14.1 Å². The third-order valence-corrected chi connectivity index (χ3v) is 7.57. The topological polar surface area (TPSA) is 59.6 Å². The summed E-state index contributed by atoms with van der Waals surface area (Å²) < 4.78 is 12.3. The SMILES string of the molecule is Cn1[c-][n+](-c2[c-]c(Oc3[c-]c4c(c(C#N)c3)c3ccccc3n4-c3cc(C(C)(C)C)ccn3)ccc2)c2ccccc21.[Pt]. The Morgan fingerprint density at radius 1 is 0.884 bits per heavy atom. The molecule has 4 aromatic carbocycles. The molecule has 3 heterocycles. The van der Waals surface area contributed by atoms with Crippen LogP contribution in [-0.4, -0.2) is 14.1 Å². The molecule has 0 saturated carbocycles. The summed E-state index contributed by atoms with van der Waals surface area (Å²) in [5, 5.41) is 12.0. The maximum Gasteiger partial charge on any atom is 0.242 e. The van der Waals surface area contributed by atoms with Gasteiger partial charge in [-0.15, -0.1) is 24.3 Å². The number of aryl methyl sites for hydroxylation is 1. The van der Waals surface area contributed by atoms with E-state index in [9.17, 15) is 5.26 Å². The van der Waals surface area contributed by atoms with Crippen molar-refractivity contribution >= 4 is 32.8 Å². The van der Waals surface area contributed by atoms with Gasteiger partial charge < -0.3 is 18.4 Å². The monoisotopic (exact) mass is 740 g/mol. The van der Waals surface area contributed by atoms with Gasteiger partial charge in [0.25, 0.3) is 0 Å². The van der Waals surface area contributed by atoms with Crippen LogP contribution < -0.4 is 9.30 Å². The minimum atomic E-state index is -0.0490. The molecule has 7 heteroatoms. The van der Waals surface area contributed by atoms with E-state index < -0.39 is 0 Å². The van der Waals surface area contributed by atoms with E-state index in [4.69, 9.17) is 9.72 Å². The normalized spacial score (nSPS) is 11.5. The number of para-hydroxylation sites is 3. The van der Waals surface area contributed by atoms with Gasteiger partial charge in [-0.1, -0.05) is 79.8 Å². The second kappa shape index (κ2) is 10.8. The van der Waals surface area contributed by atoms with Crippen LogP contribution in [0.1, 0.15) is 31.9 Å². The van der Waals surface area contributed by atoms with E-state index in [0.29, 0.717) is 17.1 Å². The molecule has 43 heavy (non-hydrogen) atoms. The largest absolute Gasteiger partial charge is 0.510 e. The van der Waals surface area contributed by atoms with Gasteiger partial charge in [0.1, 0.15) is 5.82 Å². The second-order valence-electron chi connectivity index (χ2n) is 11.4. The molecule has 0 unspecified atom stereocenters. The van der Waals surface area contributed by atoms with Crippen LogP contribution in [0.4, 0.5) is 0 Å². The van der Waals surface area contributed by atoms with E-state index >= 15 is 0 Å². The Morgan fingerprint density at radius 3 is 2.44 bits per heavy atom. The molecule has 0 fully saturated rings. The summed E-state index contributed by atoms with van der Waals surface area (Å²) in [6.07, 6.45) is 5.18. The predicted octanol–water partition coefficient (Wildman–Crippen LogP) is 7.31. The molecule has 0 amide bonds. The third kappa shape index (κ3) is 4.90. The van der Waals surface area contributed by atoms with Gasteiger partial charge in [-0.2, -0.15) is 17.4 Å². The average molecular weight is 741 g/mol. The first-order valence-electron chi connectivity index (χ1n) is 13.8. The van der Waals surface area contributed by atoms with Crippen LogP contribution in [0.25, 0.3) is 44.3 Å². The number of pyridine rings is 1. The van der Waals surface area contributed by atoms with E-state index in [1.54, 1.807) is 6.07 Å². The van der Waals surface area contributed by atoms with Crippen molar-refractivity contribution in [3.8, 4) is 29.1 Å². The first kappa shape index (κ1) is 28.4. The Morgan fingerprint density at radius 2 is 1.65 bits per heavy atom. The molecule has 7 aromatic rings. The fraction of sp³-hybridized carbons (Fsp3) is 0.139. The zero-order chi connectivity index (χ0) is 29.0. The Kier molecular flexibility index (Phi) is 7.16. The fourth-order valence-corrected chi connectivity index (χ4v) is 5.50. The standard InChI is InChI=1S/C36H27N5O.Pt/c1-36(2,3)25-16-17-38-34(19-25)41-30-13-6-5-12-29(30)35-24(22-37)18-28(21-33(35)41)42-27-11-9-10-26(20-27)40-23-39(4)31-14-7-8-15-32(31)40;/h5-19H,1-4H3;/q-2;. The van der Waals surface area contributed by atoms with Crippen molar-refractivity contribution in [3.63, 3.8) is 0 Å². The van der Waals surface area contributed by atoms with Crippen LogP contribution in [0.3, 0.4) is 0 Å². The van der Waals surface area contributed by atoms with Gasteiger partial charge in [-0.25, -0.2) is 4.98 Å². The number of rotatable bonds is 4. The quantitative estimate of drug-likeness (QED) is 0.141. The van der Waals surface area contributed by atoms with Gasteiger partial charge >= 0.3 is 0 Å². The van der Waals surface area contributed by atoms with Crippen molar-refractivity contribution in [1.29, 1.82) is 5.26 Å². The molecule has 0 bridgehead atoms. The summed E-state index contributed by atoms with van der Waals surface area (Å²) in [6.45, 7) is 6.55. The summed E-state index contributed by atoms with van der Waals surface area (Å²) in [7, 11) is 1.97. The summed E-state index contributed by atoms with van der Waals surface area (Å²) in [5.74, 6) is 1.70. The maximum absolute atomic E-state index is 10.3. The molecule has 0 aliphatic heterocycles. The molecule has 0 aliphatic carbocycles. The minimum Gasteiger partial charge on any atom is -0.510 e.